The van der Waals surface area contributed by atoms with Crippen molar-refractivity contribution in [3.63, 3.8) is 0 Å². The number of ether oxygens (including phenoxy) is 2. The Bertz CT molecular complexity index is 553. The molecule has 6 nitrogen and oxygen atoms in total. The average Bonchev–Trinajstić information content (AvgIpc) is 2.55. The number of pyridine rings is 1. The van der Waals surface area contributed by atoms with Crippen LogP contribution < -0.4 is 5.32 Å². The quantitative estimate of drug-likeness (QED) is 0.855. The van der Waals surface area contributed by atoms with E-state index in [-0.39, 0.29) is 17.7 Å². The lowest BCUT2D eigenvalue weighted by Gasteiger charge is -2.46. The van der Waals surface area contributed by atoms with Crippen LogP contribution >= 0.6 is 0 Å². The van der Waals surface area contributed by atoms with Gasteiger partial charge in [0.2, 0.25) is 0 Å². The summed E-state index contributed by atoms with van der Waals surface area (Å²) in [4.78, 5) is 18.0. The van der Waals surface area contributed by atoms with E-state index in [1.54, 1.807) is 17.3 Å². The standard InChI is InChI=1S/C18H27N3O3/c1-17(2,3)24-16(22)21-10-6-18(7-11-21)13-20-15(12-23-18)14-4-8-19-9-5-14/h4-5,8-9,15,20H,6-7,10-13H2,1-3H3/t15-/m0/s1. The number of hydrogen-bond acceptors (Lipinski definition) is 5. The maximum Gasteiger partial charge on any atom is 0.410 e. The minimum atomic E-state index is -0.452. The molecule has 0 aliphatic carbocycles. The van der Waals surface area contributed by atoms with Crippen molar-refractivity contribution >= 4 is 6.09 Å². The first-order valence-electron chi connectivity index (χ1n) is 8.62. The number of rotatable bonds is 1. The highest BCUT2D eigenvalue weighted by atomic mass is 16.6. The lowest BCUT2D eigenvalue weighted by Crippen LogP contribution is -2.57. The second-order valence-corrected chi connectivity index (χ2v) is 7.68. The predicted molar refractivity (Wildman–Crippen MR) is 90.7 cm³/mol. The fourth-order valence-electron chi connectivity index (χ4n) is 3.23. The topological polar surface area (TPSA) is 63.7 Å². The van der Waals surface area contributed by atoms with Crippen LogP contribution in [0, 0.1) is 0 Å². The number of hydrogen-bond donors (Lipinski definition) is 1. The number of carbonyl (C=O) groups excluding carboxylic acids is 1. The highest BCUT2D eigenvalue weighted by molar-refractivity contribution is 5.68. The van der Waals surface area contributed by atoms with E-state index in [0.29, 0.717) is 19.7 Å². The van der Waals surface area contributed by atoms with Crippen molar-refractivity contribution in [3.8, 4) is 0 Å². The molecule has 1 spiro atoms. The summed E-state index contributed by atoms with van der Waals surface area (Å²) in [5.41, 5.74) is 0.584. The summed E-state index contributed by atoms with van der Waals surface area (Å²) in [7, 11) is 0. The summed E-state index contributed by atoms with van der Waals surface area (Å²) in [5, 5.41) is 3.59. The number of nitrogens with zero attached hydrogens (tertiary/aromatic N) is 2. The molecule has 2 fully saturated rings. The van der Waals surface area contributed by atoms with E-state index in [1.165, 1.54) is 5.56 Å². The first-order chi connectivity index (χ1) is 11.4. The van der Waals surface area contributed by atoms with E-state index in [9.17, 15) is 4.79 Å². The molecule has 1 N–H and O–H groups in total. The van der Waals surface area contributed by atoms with Crippen molar-refractivity contribution in [2.24, 2.45) is 0 Å². The largest absolute Gasteiger partial charge is 0.444 e. The maximum absolute atomic E-state index is 12.2. The van der Waals surface area contributed by atoms with Crippen LogP contribution in [0.5, 0.6) is 0 Å². The van der Waals surface area contributed by atoms with E-state index in [0.717, 1.165) is 19.4 Å². The van der Waals surface area contributed by atoms with Crippen LogP contribution in [0.3, 0.4) is 0 Å². The predicted octanol–water partition coefficient (Wildman–Crippen LogP) is 2.51. The molecule has 1 amide bonds. The second-order valence-electron chi connectivity index (χ2n) is 7.68. The molecule has 0 saturated carbocycles. The zero-order chi connectivity index (χ0) is 17.2. The maximum atomic E-state index is 12.2. The van der Waals surface area contributed by atoms with Crippen molar-refractivity contribution in [1.82, 2.24) is 15.2 Å². The third-order valence-electron chi connectivity index (χ3n) is 4.66. The van der Waals surface area contributed by atoms with Gasteiger partial charge in [0.1, 0.15) is 5.60 Å². The first kappa shape index (κ1) is 17.2. The van der Waals surface area contributed by atoms with Gasteiger partial charge in [0.15, 0.2) is 0 Å². The zero-order valence-electron chi connectivity index (χ0n) is 14.7. The van der Waals surface area contributed by atoms with Crippen molar-refractivity contribution in [2.75, 3.05) is 26.2 Å². The summed E-state index contributed by atoms with van der Waals surface area (Å²) in [5.74, 6) is 0. The Hall–Kier alpha value is -1.66. The smallest absolute Gasteiger partial charge is 0.410 e. The minimum Gasteiger partial charge on any atom is -0.444 e. The fourth-order valence-corrected chi connectivity index (χ4v) is 3.23. The van der Waals surface area contributed by atoms with Crippen molar-refractivity contribution in [3.05, 3.63) is 30.1 Å². The van der Waals surface area contributed by atoms with Gasteiger partial charge in [-0.25, -0.2) is 4.79 Å². The molecule has 132 valence electrons. The van der Waals surface area contributed by atoms with Crippen LogP contribution in [0.4, 0.5) is 4.79 Å². The average molecular weight is 333 g/mol. The van der Waals surface area contributed by atoms with E-state index < -0.39 is 5.60 Å². The normalized spacial score (nSPS) is 24.0. The van der Waals surface area contributed by atoms with Gasteiger partial charge in [-0.15, -0.1) is 0 Å². The third kappa shape index (κ3) is 4.05. The van der Waals surface area contributed by atoms with Gasteiger partial charge >= 0.3 is 6.09 Å². The molecular formula is C18H27N3O3. The van der Waals surface area contributed by atoms with Crippen molar-refractivity contribution in [1.29, 1.82) is 0 Å². The molecule has 0 aromatic carbocycles. The fraction of sp³-hybridized carbons (Fsp3) is 0.667. The molecule has 3 rings (SSSR count). The molecule has 2 aliphatic rings. The number of amides is 1. The first-order valence-corrected chi connectivity index (χ1v) is 8.62. The summed E-state index contributed by atoms with van der Waals surface area (Å²) in [6, 6.07) is 4.25. The second kappa shape index (κ2) is 6.69. The Labute approximate surface area is 143 Å². The molecule has 0 bridgehead atoms. The molecule has 1 aromatic rings. The molecule has 1 aromatic heterocycles. The zero-order valence-corrected chi connectivity index (χ0v) is 14.7. The van der Waals surface area contributed by atoms with Gasteiger partial charge in [-0.1, -0.05) is 0 Å². The van der Waals surface area contributed by atoms with Crippen molar-refractivity contribution in [2.45, 2.75) is 50.9 Å². The molecule has 0 radical (unpaired) electrons. The molecule has 1 atom stereocenters. The molecule has 24 heavy (non-hydrogen) atoms. The third-order valence-corrected chi connectivity index (χ3v) is 4.66. The Morgan fingerprint density at radius 3 is 2.54 bits per heavy atom. The van der Waals surface area contributed by atoms with Crippen LogP contribution in [-0.2, 0) is 9.47 Å². The van der Waals surface area contributed by atoms with Crippen LogP contribution in [0.2, 0.25) is 0 Å². The monoisotopic (exact) mass is 333 g/mol. The van der Waals surface area contributed by atoms with Crippen LogP contribution in [-0.4, -0.2) is 53.4 Å². The Morgan fingerprint density at radius 1 is 1.33 bits per heavy atom. The van der Waals surface area contributed by atoms with Gasteiger partial charge in [0.05, 0.1) is 18.2 Å². The van der Waals surface area contributed by atoms with E-state index in [4.69, 9.17) is 9.47 Å². The SMILES string of the molecule is CC(C)(C)OC(=O)N1CCC2(CC1)CN[C@H](c1ccncc1)CO2. The van der Waals surface area contributed by atoms with Crippen molar-refractivity contribution < 1.29 is 14.3 Å². The number of piperidine rings is 1. The lowest BCUT2D eigenvalue weighted by molar-refractivity contribution is -0.113. The summed E-state index contributed by atoms with van der Waals surface area (Å²) >= 11 is 0. The molecule has 2 saturated heterocycles. The number of morpholine rings is 1. The van der Waals surface area contributed by atoms with E-state index in [1.807, 2.05) is 32.9 Å². The molecular weight excluding hydrogens is 306 g/mol. The number of aromatic nitrogens is 1. The Balaban J connectivity index is 1.51. The lowest BCUT2D eigenvalue weighted by atomic mass is 9.89. The van der Waals surface area contributed by atoms with Gasteiger partial charge < -0.3 is 19.7 Å². The Morgan fingerprint density at radius 2 is 2.00 bits per heavy atom. The number of nitrogens with one attached hydrogen (secondary N) is 1. The highest BCUT2D eigenvalue weighted by Crippen LogP contribution is 2.32. The number of likely N-dealkylation sites (tertiary alicyclic amines) is 1. The van der Waals surface area contributed by atoms with Gasteiger partial charge in [0.25, 0.3) is 0 Å². The molecule has 3 heterocycles. The van der Waals surface area contributed by atoms with Gasteiger partial charge in [-0.3, -0.25) is 4.98 Å². The molecule has 0 unspecified atom stereocenters. The van der Waals surface area contributed by atoms with Crippen LogP contribution in [0.25, 0.3) is 0 Å². The molecule has 6 heteroatoms. The summed E-state index contributed by atoms with van der Waals surface area (Å²) in [6.45, 7) is 8.49. The highest BCUT2D eigenvalue weighted by Gasteiger charge is 2.41. The van der Waals surface area contributed by atoms with Gasteiger partial charge in [-0.2, -0.15) is 0 Å². The Kier molecular flexibility index (Phi) is 4.78. The van der Waals surface area contributed by atoms with Crippen LogP contribution in [0.15, 0.2) is 24.5 Å². The van der Waals surface area contributed by atoms with E-state index >= 15 is 0 Å². The van der Waals surface area contributed by atoms with E-state index in [2.05, 4.69) is 10.3 Å². The number of carbonyl (C=O) groups is 1. The van der Waals surface area contributed by atoms with Gasteiger partial charge in [0, 0.05) is 32.0 Å². The van der Waals surface area contributed by atoms with Crippen LogP contribution in [0.1, 0.15) is 45.2 Å². The summed E-state index contributed by atoms with van der Waals surface area (Å²) < 4.78 is 11.7. The molecule has 2 aliphatic heterocycles. The summed E-state index contributed by atoms with van der Waals surface area (Å²) in [6.07, 6.45) is 5.06. The van der Waals surface area contributed by atoms with Gasteiger partial charge in [-0.05, 0) is 51.3 Å². The minimum absolute atomic E-state index is 0.165.